The number of nitrogens with one attached hydrogen (secondary N) is 2. The smallest absolute Gasteiger partial charge is 0.214 e. The number of benzene rings is 1. The molecule has 2 N–H and O–H groups in total. The Morgan fingerprint density at radius 1 is 1.32 bits per heavy atom. The van der Waals surface area contributed by atoms with Crippen LogP contribution in [0.4, 0.5) is 0 Å². The second-order valence-electron chi connectivity index (χ2n) is 4.71. The molecule has 0 saturated carbocycles. The minimum Gasteiger partial charge on any atom is -0.459 e. The zero-order valence-corrected chi connectivity index (χ0v) is 13.5. The van der Waals surface area contributed by atoms with Gasteiger partial charge in [-0.1, -0.05) is 30.7 Å². The highest BCUT2D eigenvalue weighted by molar-refractivity contribution is 7.71. The van der Waals surface area contributed by atoms with Crippen molar-refractivity contribution in [1.82, 2.24) is 14.9 Å². The number of aromatic amines is 1. The predicted molar refractivity (Wildman–Crippen MR) is 89.0 cm³/mol. The van der Waals surface area contributed by atoms with Crippen molar-refractivity contribution in [2.45, 2.75) is 19.9 Å². The monoisotopic (exact) mass is 334 g/mol. The van der Waals surface area contributed by atoms with Gasteiger partial charge >= 0.3 is 0 Å². The van der Waals surface area contributed by atoms with E-state index in [9.17, 15) is 0 Å². The molecule has 0 atom stereocenters. The Labute approximate surface area is 137 Å². The maximum Gasteiger partial charge on any atom is 0.214 e. The summed E-state index contributed by atoms with van der Waals surface area (Å²) in [5.74, 6) is 2.39. The van der Waals surface area contributed by atoms with Crippen LogP contribution in [0.1, 0.15) is 18.5 Å². The first-order valence-corrected chi connectivity index (χ1v) is 7.71. The summed E-state index contributed by atoms with van der Waals surface area (Å²) < 4.78 is 8.13. The first kappa shape index (κ1) is 14.9. The third-order valence-corrected chi connectivity index (χ3v) is 3.87. The molecule has 114 valence electrons. The zero-order valence-electron chi connectivity index (χ0n) is 12.0. The van der Waals surface area contributed by atoms with Crippen LogP contribution >= 0.6 is 23.8 Å². The molecule has 2 heterocycles. The minimum absolute atomic E-state index is 0.505. The molecule has 0 bridgehead atoms. The van der Waals surface area contributed by atoms with Gasteiger partial charge in [0.1, 0.15) is 11.5 Å². The Kier molecular flexibility index (Phi) is 4.31. The van der Waals surface area contributed by atoms with Crippen LogP contribution in [0.2, 0.25) is 5.02 Å². The van der Waals surface area contributed by atoms with Gasteiger partial charge in [-0.2, -0.15) is 5.10 Å². The molecule has 0 aliphatic rings. The van der Waals surface area contributed by atoms with E-state index >= 15 is 0 Å². The number of aromatic nitrogens is 3. The van der Waals surface area contributed by atoms with E-state index in [0.717, 1.165) is 29.3 Å². The Morgan fingerprint density at radius 2 is 2.14 bits per heavy atom. The average molecular weight is 335 g/mol. The van der Waals surface area contributed by atoms with Crippen LogP contribution in [0.25, 0.3) is 11.3 Å². The molecule has 0 saturated heterocycles. The van der Waals surface area contributed by atoms with Crippen molar-refractivity contribution in [2.24, 2.45) is 0 Å². The van der Waals surface area contributed by atoms with Gasteiger partial charge < -0.3 is 9.84 Å². The molecule has 0 spiro atoms. The number of H-pyrrole nitrogens is 1. The maximum atomic E-state index is 6.18. The number of furan rings is 1. The molecule has 0 radical (unpaired) electrons. The lowest BCUT2D eigenvalue weighted by Crippen LogP contribution is -2.16. The van der Waals surface area contributed by atoms with Crippen molar-refractivity contribution in [3.63, 3.8) is 0 Å². The maximum absolute atomic E-state index is 6.18. The zero-order chi connectivity index (χ0) is 15.5. The molecule has 0 amide bonds. The lowest BCUT2D eigenvalue weighted by atomic mass is 10.2. The topological polar surface area (TPSA) is 58.8 Å². The van der Waals surface area contributed by atoms with Crippen LogP contribution in [-0.4, -0.2) is 14.9 Å². The third kappa shape index (κ3) is 2.93. The normalized spacial score (nSPS) is 10.8. The van der Waals surface area contributed by atoms with Gasteiger partial charge in [0.05, 0.1) is 11.6 Å². The van der Waals surface area contributed by atoms with E-state index < -0.39 is 0 Å². The van der Waals surface area contributed by atoms with E-state index in [1.54, 1.807) is 4.68 Å². The summed E-state index contributed by atoms with van der Waals surface area (Å²) in [6.07, 6.45) is 0.781. The molecular formula is C15H15ClN4OS. The van der Waals surface area contributed by atoms with Crippen LogP contribution in [0.5, 0.6) is 0 Å². The summed E-state index contributed by atoms with van der Waals surface area (Å²) in [5, 5.41) is 7.58. The van der Waals surface area contributed by atoms with E-state index in [1.807, 2.05) is 43.3 Å². The summed E-state index contributed by atoms with van der Waals surface area (Å²) in [6, 6.07) is 11.4. The molecule has 3 aromatic rings. The summed E-state index contributed by atoms with van der Waals surface area (Å²) >= 11 is 11.4. The molecule has 0 unspecified atom stereocenters. The largest absolute Gasteiger partial charge is 0.459 e. The van der Waals surface area contributed by atoms with E-state index in [0.29, 0.717) is 16.3 Å². The van der Waals surface area contributed by atoms with E-state index in [4.69, 9.17) is 28.2 Å². The van der Waals surface area contributed by atoms with Crippen LogP contribution < -0.4 is 5.43 Å². The van der Waals surface area contributed by atoms with E-state index in [2.05, 4.69) is 15.6 Å². The summed E-state index contributed by atoms with van der Waals surface area (Å²) in [5.41, 5.74) is 4.08. The Hall–Kier alpha value is -2.05. The molecule has 0 fully saturated rings. The number of hydrogen-bond donors (Lipinski definition) is 2. The second-order valence-corrected chi connectivity index (χ2v) is 5.51. The highest BCUT2D eigenvalue weighted by atomic mass is 35.5. The van der Waals surface area contributed by atoms with Crippen molar-refractivity contribution in [3.8, 4) is 11.3 Å². The fourth-order valence-electron chi connectivity index (χ4n) is 2.17. The van der Waals surface area contributed by atoms with Gasteiger partial charge in [-0.3, -0.25) is 5.10 Å². The van der Waals surface area contributed by atoms with Crippen LogP contribution in [0.15, 0.2) is 40.8 Å². The standard InChI is InChI=1S/C15H15ClN4OS/c1-2-14-18-19-15(22)20(14)17-9-10-7-8-13(21-10)11-5-3-4-6-12(11)16/h3-8,17H,2,9H2,1H3,(H,19,22). The molecule has 0 aliphatic carbocycles. The number of nitrogens with zero attached hydrogens (tertiary/aromatic N) is 2. The fraction of sp³-hybridized carbons (Fsp3) is 0.200. The van der Waals surface area contributed by atoms with Crippen LogP contribution in [-0.2, 0) is 13.0 Å². The first-order valence-electron chi connectivity index (χ1n) is 6.93. The molecule has 2 aromatic heterocycles. The minimum atomic E-state index is 0.505. The van der Waals surface area contributed by atoms with Crippen molar-refractivity contribution in [3.05, 3.63) is 57.8 Å². The summed E-state index contributed by atoms with van der Waals surface area (Å²) in [4.78, 5) is 0. The van der Waals surface area contributed by atoms with Gasteiger partial charge in [-0.25, -0.2) is 4.68 Å². The average Bonchev–Trinajstić information content (AvgIpc) is 3.12. The van der Waals surface area contributed by atoms with E-state index in [1.165, 1.54) is 0 Å². The Bertz CT molecular complexity index is 836. The molecule has 7 heteroatoms. The van der Waals surface area contributed by atoms with Gasteiger partial charge in [0, 0.05) is 12.0 Å². The molecule has 1 aromatic carbocycles. The predicted octanol–water partition coefficient (Wildman–Crippen LogP) is 4.16. The van der Waals surface area contributed by atoms with Crippen molar-refractivity contribution in [2.75, 3.05) is 5.43 Å². The Balaban J connectivity index is 1.77. The SMILES string of the molecule is CCc1n[nH]c(=S)n1NCc1ccc(-c2ccccc2Cl)o1. The number of rotatable bonds is 5. The molecule has 0 aliphatic heterocycles. The fourth-order valence-corrected chi connectivity index (χ4v) is 2.61. The van der Waals surface area contributed by atoms with Gasteiger partial charge in [-0.05, 0) is 36.5 Å². The van der Waals surface area contributed by atoms with Gasteiger partial charge in [0.15, 0.2) is 5.82 Å². The van der Waals surface area contributed by atoms with Crippen LogP contribution in [0, 0.1) is 4.77 Å². The van der Waals surface area contributed by atoms with E-state index in [-0.39, 0.29) is 0 Å². The summed E-state index contributed by atoms with van der Waals surface area (Å²) in [7, 11) is 0. The van der Waals surface area contributed by atoms with Crippen molar-refractivity contribution >= 4 is 23.8 Å². The number of halogens is 1. The van der Waals surface area contributed by atoms with Crippen molar-refractivity contribution in [1.29, 1.82) is 0 Å². The second kappa shape index (κ2) is 6.37. The molecule has 5 nitrogen and oxygen atoms in total. The third-order valence-electron chi connectivity index (χ3n) is 3.27. The van der Waals surface area contributed by atoms with Crippen LogP contribution in [0.3, 0.4) is 0 Å². The quantitative estimate of drug-likeness (QED) is 0.688. The molecule has 22 heavy (non-hydrogen) atoms. The van der Waals surface area contributed by atoms with Gasteiger partial charge in [0.2, 0.25) is 4.77 Å². The number of aryl methyl sites for hydroxylation is 1. The lowest BCUT2D eigenvalue weighted by Gasteiger charge is -2.07. The highest BCUT2D eigenvalue weighted by Gasteiger charge is 2.09. The number of hydrogen-bond acceptors (Lipinski definition) is 4. The highest BCUT2D eigenvalue weighted by Crippen LogP contribution is 2.29. The summed E-state index contributed by atoms with van der Waals surface area (Å²) in [6.45, 7) is 2.52. The van der Waals surface area contributed by atoms with Crippen molar-refractivity contribution < 1.29 is 4.42 Å². The molecule has 3 rings (SSSR count). The lowest BCUT2D eigenvalue weighted by molar-refractivity contribution is 0.521. The first-order chi connectivity index (χ1) is 10.7. The van der Waals surface area contributed by atoms with Gasteiger partial charge in [-0.15, -0.1) is 0 Å². The Morgan fingerprint density at radius 3 is 2.91 bits per heavy atom. The molecular weight excluding hydrogens is 320 g/mol. The van der Waals surface area contributed by atoms with Gasteiger partial charge in [0.25, 0.3) is 0 Å².